The summed E-state index contributed by atoms with van der Waals surface area (Å²) in [7, 11) is 1.64. The van der Waals surface area contributed by atoms with E-state index in [9.17, 15) is 14.0 Å². The predicted molar refractivity (Wildman–Crippen MR) is 91.8 cm³/mol. The maximum Gasteiger partial charge on any atom is 0.254 e. The van der Waals surface area contributed by atoms with Crippen LogP contribution in [0, 0.1) is 19.7 Å². The van der Waals surface area contributed by atoms with Crippen molar-refractivity contribution in [3.8, 4) is 0 Å². The topological polar surface area (TPSA) is 51.4 Å². The number of halogens is 1. The Labute approximate surface area is 139 Å². The average Bonchev–Trinajstić information content (AvgIpc) is 2.53. The van der Waals surface area contributed by atoms with E-state index < -0.39 is 0 Å². The lowest BCUT2D eigenvalue weighted by Crippen LogP contribution is -2.33. The van der Waals surface area contributed by atoms with Crippen molar-refractivity contribution in [3.05, 3.63) is 67.9 Å². The minimum Gasteiger partial charge on any atom is -0.309 e. The van der Waals surface area contributed by atoms with Gasteiger partial charge in [-0.1, -0.05) is 12.1 Å². The van der Waals surface area contributed by atoms with Crippen molar-refractivity contribution < 1.29 is 9.18 Å². The molecule has 24 heavy (non-hydrogen) atoms. The van der Waals surface area contributed by atoms with Gasteiger partial charge in [-0.25, -0.2) is 4.39 Å². The molecule has 1 aliphatic rings. The summed E-state index contributed by atoms with van der Waals surface area (Å²) >= 11 is 0. The molecule has 1 aromatic heterocycles. The van der Waals surface area contributed by atoms with Crippen molar-refractivity contribution in [1.29, 1.82) is 0 Å². The number of aliphatic imine (C=N–C) groups is 1. The number of hydrogen-bond acceptors (Lipinski definition) is 3. The molecule has 1 aliphatic heterocycles. The summed E-state index contributed by atoms with van der Waals surface area (Å²) in [5.41, 5.74) is 3.93. The molecule has 0 saturated carbocycles. The second-order valence-electron chi connectivity index (χ2n) is 6.29. The monoisotopic (exact) mass is 326 g/mol. The number of pyridine rings is 1. The van der Waals surface area contributed by atoms with Gasteiger partial charge in [-0.05, 0) is 43.5 Å². The molecular weight excluding hydrogens is 307 g/mol. The van der Waals surface area contributed by atoms with Crippen LogP contribution in [0.3, 0.4) is 0 Å². The summed E-state index contributed by atoms with van der Waals surface area (Å²) in [6.07, 6.45) is 0.218. The number of Topliss-reactive ketones (excluding diaryl/α,β-unsaturated/α-hetero) is 1. The van der Waals surface area contributed by atoms with E-state index in [0.29, 0.717) is 33.7 Å². The van der Waals surface area contributed by atoms with Crippen LogP contribution in [-0.2, 0) is 13.5 Å². The van der Waals surface area contributed by atoms with Gasteiger partial charge in [-0.15, -0.1) is 0 Å². The molecule has 2 heterocycles. The molecule has 1 aromatic carbocycles. The molecule has 0 fully saturated rings. The fourth-order valence-corrected chi connectivity index (χ4v) is 3.26. The van der Waals surface area contributed by atoms with Gasteiger partial charge in [0.25, 0.3) is 5.56 Å². The van der Waals surface area contributed by atoms with Crippen molar-refractivity contribution in [2.75, 3.05) is 6.54 Å². The number of carbonyl (C=O) groups is 1. The first-order valence-corrected chi connectivity index (χ1v) is 7.83. The number of aromatic nitrogens is 1. The Bertz CT molecular complexity index is 955. The van der Waals surface area contributed by atoms with Crippen LogP contribution in [0.15, 0.2) is 28.0 Å². The number of carbonyl (C=O) groups excluding carboxylic acids is 1. The zero-order valence-corrected chi connectivity index (χ0v) is 14.2. The Balaban J connectivity index is 2.27. The van der Waals surface area contributed by atoms with E-state index in [1.54, 1.807) is 27.0 Å². The number of nitrogens with zero attached hydrogens (tertiary/aromatic N) is 2. The number of fused-ring (bicyclic) bond motifs is 1. The Hall–Kier alpha value is -2.56. The fourth-order valence-electron chi connectivity index (χ4n) is 3.26. The smallest absolute Gasteiger partial charge is 0.254 e. The van der Waals surface area contributed by atoms with E-state index in [1.165, 1.54) is 10.6 Å². The molecule has 3 rings (SSSR count). The molecule has 0 saturated heterocycles. The van der Waals surface area contributed by atoms with Gasteiger partial charge in [0, 0.05) is 24.6 Å². The predicted octanol–water partition coefficient (Wildman–Crippen LogP) is 2.74. The maximum atomic E-state index is 14.3. The summed E-state index contributed by atoms with van der Waals surface area (Å²) < 4.78 is 15.7. The lowest BCUT2D eigenvalue weighted by atomic mass is 9.89. The highest BCUT2D eigenvalue weighted by Crippen LogP contribution is 2.25. The highest BCUT2D eigenvalue weighted by molar-refractivity contribution is 6.14. The van der Waals surface area contributed by atoms with Crippen LogP contribution in [0.1, 0.15) is 45.2 Å². The zero-order valence-electron chi connectivity index (χ0n) is 14.2. The second kappa shape index (κ2) is 5.82. The minimum absolute atomic E-state index is 0.0693. The number of benzene rings is 1. The summed E-state index contributed by atoms with van der Waals surface area (Å²) in [5, 5.41) is 0. The molecule has 124 valence electrons. The van der Waals surface area contributed by atoms with Crippen molar-refractivity contribution >= 4 is 11.5 Å². The van der Waals surface area contributed by atoms with Crippen LogP contribution in [-0.4, -0.2) is 22.6 Å². The van der Waals surface area contributed by atoms with Crippen LogP contribution in [0.25, 0.3) is 0 Å². The second-order valence-corrected chi connectivity index (χ2v) is 6.29. The molecule has 2 aromatic rings. The third-order valence-corrected chi connectivity index (χ3v) is 4.61. The summed E-state index contributed by atoms with van der Waals surface area (Å²) in [5.74, 6) is -0.450. The van der Waals surface area contributed by atoms with Gasteiger partial charge in [0.1, 0.15) is 12.4 Å². The van der Waals surface area contributed by atoms with Crippen molar-refractivity contribution in [2.24, 2.45) is 12.0 Å². The highest BCUT2D eigenvalue weighted by Gasteiger charge is 2.27. The van der Waals surface area contributed by atoms with Gasteiger partial charge in [-0.2, -0.15) is 0 Å². The van der Waals surface area contributed by atoms with Crippen LogP contribution >= 0.6 is 0 Å². The van der Waals surface area contributed by atoms with E-state index in [2.05, 4.69) is 4.99 Å². The first kappa shape index (κ1) is 16.3. The average molecular weight is 326 g/mol. The van der Waals surface area contributed by atoms with Gasteiger partial charge < -0.3 is 4.57 Å². The molecule has 0 unspecified atom stereocenters. The fraction of sp³-hybridized carbons (Fsp3) is 0.316. The SMILES string of the molecule is CC1=NCC(=O)c2c(Cc3ccc(C)cc3F)c(C)c(=O)n(C)c21. The van der Waals surface area contributed by atoms with Crippen LogP contribution in [0.2, 0.25) is 0 Å². The molecule has 0 aliphatic carbocycles. The number of aryl methyl sites for hydroxylation is 1. The lowest BCUT2D eigenvalue weighted by molar-refractivity contribution is 0.0998. The molecular formula is C19H19FN2O2. The van der Waals surface area contributed by atoms with Gasteiger partial charge in [0.15, 0.2) is 5.78 Å². The molecule has 5 heteroatoms. The summed E-state index contributed by atoms with van der Waals surface area (Å²) in [4.78, 5) is 29.2. The quantitative estimate of drug-likeness (QED) is 0.852. The van der Waals surface area contributed by atoms with Crippen molar-refractivity contribution in [3.63, 3.8) is 0 Å². The number of hydrogen-bond donors (Lipinski definition) is 0. The van der Waals surface area contributed by atoms with Crippen LogP contribution in [0.4, 0.5) is 4.39 Å². The molecule has 0 amide bonds. The van der Waals surface area contributed by atoms with Gasteiger partial charge in [0.2, 0.25) is 0 Å². The zero-order chi connectivity index (χ0) is 17.6. The van der Waals surface area contributed by atoms with Crippen molar-refractivity contribution in [1.82, 2.24) is 4.57 Å². The van der Waals surface area contributed by atoms with E-state index in [0.717, 1.165) is 5.56 Å². The Kier molecular flexibility index (Phi) is 3.95. The minimum atomic E-state index is -0.322. The van der Waals surface area contributed by atoms with E-state index >= 15 is 0 Å². The van der Waals surface area contributed by atoms with E-state index in [-0.39, 0.29) is 30.1 Å². The molecule has 0 N–H and O–H groups in total. The first-order valence-electron chi connectivity index (χ1n) is 7.83. The third kappa shape index (κ3) is 2.50. The number of ketones is 1. The molecule has 4 nitrogen and oxygen atoms in total. The summed E-state index contributed by atoms with van der Waals surface area (Å²) in [6.45, 7) is 5.37. The van der Waals surface area contributed by atoms with E-state index in [1.807, 2.05) is 13.0 Å². The molecule has 0 atom stereocenters. The number of rotatable bonds is 2. The van der Waals surface area contributed by atoms with Gasteiger partial charge in [0.05, 0.1) is 11.4 Å². The van der Waals surface area contributed by atoms with Gasteiger partial charge >= 0.3 is 0 Å². The van der Waals surface area contributed by atoms with Crippen LogP contribution in [0.5, 0.6) is 0 Å². The standard InChI is InChI=1S/C19H19FN2O2/c1-10-5-6-13(15(20)7-10)8-14-11(2)19(24)22(4)18-12(3)21-9-16(23)17(14)18/h5-7H,8-9H2,1-4H3. The Morgan fingerprint density at radius 3 is 2.58 bits per heavy atom. The Morgan fingerprint density at radius 1 is 1.21 bits per heavy atom. The largest absolute Gasteiger partial charge is 0.309 e. The molecule has 0 spiro atoms. The lowest BCUT2D eigenvalue weighted by Gasteiger charge is -2.22. The van der Waals surface area contributed by atoms with Crippen LogP contribution < -0.4 is 5.56 Å². The molecule has 0 bridgehead atoms. The van der Waals surface area contributed by atoms with Gasteiger partial charge in [-0.3, -0.25) is 14.6 Å². The first-order chi connectivity index (χ1) is 11.3. The highest BCUT2D eigenvalue weighted by atomic mass is 19.1. The molecule has 0 radical (unpaired) electrons. The Morgan fingerprint density at radius 2 is 1.92 bits per heavy atom. The van der Waals surface area contributed by atoms with Crippen molar-refractivity contribution in [2.45, 2.75) is 27.2 Å². The third-order valence-electron chi connectivity index (χ3n) is 4.61. The summed E-state index contributed by atoms with van der Waals surface area (Å²) in [6, 6.07) is 5.00. The van der Waals surface area contributed by atoms with E-state index in [4.69, 9.17) is 0 Å². The normalized spacial score (nSPS) is 13.7. The maximum absolute atomic E-state index is 14.3.